The molecular formula is C16H17NO3. The molecule has 0 N–H and O–H groups in total. The number of amides is 2. The second-order valence-electron chi connectivity index (χ2n) is 5.60. The molecule has 0 saturated carbocycles. The van der Waals surface area contributed by atoms with Gasteiger partial charge in [0, 0.05) is 17.6 Å². The maximum Gasteiger partial charge on any atom is 0.258 e. The number of anilines is 1. The van der Waals surface area contributed by atoms with Crippen molar-refractivity contribution >= 4 is 23.8 Å². The van der Waals surface area contributed by atoms with Gasteiger partial charge in [0.1, 0.15) is 6.29 Å². The van der Waals surface area contributed by atoms with E-state index in [0.29, 0.717) is 5.69 Å². The van der Waals surface area contributed by atoms with Gasteiger partial charge in [-0.25, -0.2) is 4.90 Å². The van der Waals surface area contributed by atoms with Crippen molar-refractivity contribution < 1.29 is 14.4 Å². The summed E-state index contributed by atoms with van der Waals surface area (Å²) < 4.78 is 0. The van der Waals surface area contributed by atoms with Crippen molar-refractivity contribution in [2.75, 3.05) is 4.90 Å². The molecule has 0 spiro atoms. The van der Waals surface area contributed by atoms with Crippen molar-refractivity contribution in [1.82, 2.24) is 0 Å². The lowest BCUT2D eigenvalue weighted by Crippen LogP contribution is -2.29. The highest BCUT2D eigenvalue weighted by atomic mass is 16.2. The molecule has 0 radical (unpaired) electrons. The van der Waals surface area contributed by atoms with Gasteiger partial charge in [-0.05, 0) is 23.6 Å². The quantitative estimate of drug-likeness (QED) is 0.624. The summed E-state index contributed by atoms with van der Waals surface area (Å²) in [6.45, 7) is 5.75. The van der Waals surface area contributed by atoms with E-state index in [2.05, 4.69) is 0 Å². The van der Waals surface area contributed by atoms with E-state index in [1.807, 2.05) is 32.9 Å². The molecule has 2 amide bonds. The van der Waals surface area contributed by atoms with Crippen molar-refractivity contribution in [2.45, 2.75) is 26.7 Å². The summed E-state index contributed by atoms with van der Waals surface area (Å²) in [5.41, 5.74) is 1.09. The molecule has 4 heteroatoms. The zero-order chi connectivity index (χ0) is 14.9. The predicted octanol–water partition coefficient (Wildman–Crippen LogP) is 2.44. The third kappa shape index (κ3) is 2.41. The molecule has 1 aliphatic rings. The fraction of sp³-hybridized carbons (Fsp3) is 0.312. The molecular weight excluding hydrogens is 254 g/mol. The Morgan fingerprint density at radius 1 is 1.05 bits per heavy atom. The molecule has 0 fully saturated rings. The normalized spacial score (nSPS) is 16.6. The number of hydrogen-bond donors (Lipinski definition) is 0. The standard InChI is InChI=1S/C16H17NO3/c1-11(16(2,3)10-18)12-4-6-13(7-5-12)17-14(19)8-9-15(17)20/h4-11H,1-3H3. The van der Waals surface area contributed by atoms with E-state index in [9.17, 15) is 14.4 Å². The van der Waals surface area contributed by atoms with E-state index < -0.39 is 5.41 Å². The Morgan fingerprint density at radius 2 is 1.55 bits per heavy atom. The maximum absolute atomic E-state index is 11.6. The van der Waals surface area contributed by atoms with Gasteiger partial charge in [0.05, 0.1) is 5.69 Å². The first kappa shape index (κ1) is 14.2. The van der Waals surface area contributed by atoms with Crippen LogP contribution in [0.2, 0.25) is 0 Å². The minimum absolute atomic E-state index is 0.0529. The third-order valence-corrected chi connectivity index (χ3v) is 3.88. The molecule has 0 aromatic heterocycles. The number of carbonyl (C=O) groups excluding carboxylic acids is 3. The largest absolute Gasteiger partial charge is 0.303 e. The summed E-state index contributed by atoms with van der Waals surface area (Å²) >= 11 is 0. The number of aldehydes is 1. The minimum atomic E-state index is -0.456. The van der Waals surface area contributed by atoms with Crippen LogP contribution in [0, 0.1) is 5.41 Å². The van der Waals surface area contributed by atoms with Crippen LogP contribution in [0.4, 0.5) is 5.69 Å². The van der Waals surface area contributed by atoms with Crippen LogP contribution in [0.5, 0.6) is 0 Å². The molecule has 1 atom stereocenters. The molecule has 0 saturated heterocycles. The van der Waals surface area contributed by atoms with Crippen LogP contribution in [0.25, 0.3) is 0 Å². The lowest BCUT2D eigenvalue weighted by atomic mass is 9.77. The SMILES string of the molecule is CC(c1ccc(N2C(=O)C=CC2=O)cc1)C(C)(C)C=O. The second-order valence-corrected chi connectivity index (χ2v) is 5.60. The molecule has 1 aromatic rings. The van der Waals surface area contributed by atoms with Crippen LogP contribution < -0.4 is 4.90 Å². The van der Waals surface area contributed by atoms with Crippen LogP contribution in [0.1, 0.15) is 32.3 Å². The Kier molecular flexibility index (Phi) is 3.57. The molecule has 0 bridgehead atoms. The summed E-state index contributed by atoms with van der Waals surface area (Å²) in [5.74, 6) is -0.606. The van der Waals surface area contributed by atoms with E-state index in [1.54, 1.807) is 12.1 Å². The first-order valence-corrected chi connectivity index (χ1v) is 6.49. The minimum Gasteiger partial charge on any atom is -0.303 e. The highest BCUT2D eigenvalue weighted by Crippen LogP contribution is 2.34. The molecule has 2 rings (SSSR count). The Morgan fingerprint density at radius 3 is 2.00 bits per heavy atom. The van der Waals surface area contributed by atoms with E-state index in [1.165, 1.54) is 12.2 Å². The molecule has 20 heavy (non-hydrogen) atoms. The van der Waals surface area contributed by atoms with Crippen LogP contribution in [-0.4, -0.2) is 18.1 Å². The summed E-state index contributed by atoms with van der Waals surface area (Å²) in [7, 11) is 0. The van der Waals surface area contributed by atoms with E-state index >= 15 is 0 Å². The lowest BCUT2D eigenvalue weighted by Gasteiger charge is -2.26. The Balaban J connectivity index is 2.25. The first-order chi connectivity index (χ1) is 9.36. The van der Waals surface area contributed by atoms with Gasteiger partial charge in [-0.2, -0.15) is 0 Å². The molecule has 0 aliphatic carbocycles. The number of rotatable bonds is 4. The monoisotopic (exact) mass is 271 g/mol. The highest BCUT2D eigenvalue weighted by molar-refractivity contribution is 6.28. The number of imide groups is 1. The van der Waals surface area contributed by atoms with Crippen molar-refractivity contribution in [3.05, 3.63) is 42.0 Å². The van der Waals surface area contributed by atoms with Gasteiger partial charge in [-0.3, -0.25) is 9.59 Å². The molecule has 4 nitrogen and oxygen atoms in total. The van der Waals surface area contributed by atoms with Crippen LogP contribution in [0.15, 0.2) is 36.4 Å². The van der Waals surface area contributed by atoms with Crippen molar-refractivity contribution in [2.24, 2.45) is 5.41 Å². The molecule has 1 heterocycles. The first-order valence-electron chi connectivity index (χ1n) is 6.49. The van der Waals surface area contributed by atoms with Gasteiger partial charge in [0.25, 0.3) is 11.8 Å². The average Bonchev–Trinajstić information content (AvgIpc) is 2.77. The molecule has 1 aliphatic heterocycles. The van der Waals surface area contributed by atoms with Crippen LogP contribution in [0.3, 0.4) is 0 Å². The van der Waals surface area contributed by atoms with Gasteiger partial charge >= 0.3 is 0 Å². The predicted molar refractivity (Wildman–Crippen MR) is 76.3 cm³/mol. The fourth-order valence-corrected chi connectivity index (χ4v) is 2.10. The Hall–Kier alpha value is -2.23. The zero-order valence-electron chi connectivity index (χ0n) is 11.8. The van der Waals surface area contributed by atoms with E-state index in [0.717, 1.165) is 16.7 Å². The second kappa shape index (κ2) is 5.04. The van der Waals surface area contributed by atoms with Gasteiger partial charge in [-0.1, -0.05) is 32.9 Å². The van der Waals surface area contributed by atoms with Gasteiger partial charge in [-0.15, -0.1) is 0 Å². The average molecular weight is 271 g/mol. The molecule has 104 valence electrons. The highest BCUT2D eigenvalue weighted by Gasteiger charge is 2.28. The van der Waals surface area contributed by atoms with Crippen LogP contribution in [-0.2, 0) is 14.4 Å². The third-order valence-electron chi connectivity index (χ3n) is 3.88. The van der Waals surface area contributed by atoms with Gasteiger partial charge in [0.15, 0.2) is 0 Å². The fourth-order valence-electron chi connectivity index (χ4n) is 2.10. The number of benzene rings is 1. The Bertz CT molecular complexity index is 566. The number of carbonyl (C=O) groups is 3. The Labute approximate surface area is 118 Å². The van der Waals surface area contributed by atoms with Crippen LogP contribution >= 0.6 is 0 Å². The van der Waals surface area contributed by atoms with Crippen molar-refractivity contribution in [3.63, 3.8) is 0 Å². The number of hydrogen-bond acceptors (Lipinski definition) is 3. The molecule has 1 aromatic carbocycles. The van der Waals surface area contributed by atoms with E-state index in [4.69, 9.17) is 0 Å². The van der Waals surface area contributed by atoms with Gasteiger partial charge < -0.3 is 4.79 Å². The lowest BCUT2D eigenvalue weighted by molar-refractivity contribution is -0.120. The summed E-state index contributed by atoms with van der Waals surface area (Å²) in [5, 5.41) is 0. The maximum atomic E-state index is 11.6. The van der Waals surface area contributed by atoms with Crippen molar-refractivity contribution in [3.8, 4) is 0 Å². The summed E-state index contributed by atoms with van der Waals surface area (Å²) in [4.78, 5) is 35.4. The van der Waals surface area contributed by atoms with Crippen molar-refractivity contribution in [1.29, 1.82) is 0 Å². The van der Waals surface area contributed by atoms with E-state index in [-0.39, 0.29) is 17.7 Å². The summed E-state index contributed by atoms with van der Waals surface area (Å²) in [6, 6.07) is 7.17. The molecule has 1 unspecified atom stereocenters. The topological polar surface area (TPSA) is 54.5 Å². The zero-order valence-corrected chi connectivity index (χ0v) is 11.8. The number of nitrogens with zero attached hydrogens (tertiary/aromatic N) is 1. The summed E-state index contributed by atoms with van der Waals surface area (Å²) in [6.07, 6.45) is 3.46. The smallest absolute Gasteiger partial charge is 0.258 e. The van der Waals surface area contributed by atoms with Gasteiger partial charge in [0.2, 0.25) is 0 Å².